The third-order valence-electron chi connectivity index (χ3n) is 6.23. The number of rotatable bonds is 6. The lowest BCUT2D eigenvalue weighted by molar-refractivity contribution is -0.117. The van der Waals surface area contributed by atoms with Crippen molar-refractivity contribution in [2.75, 3.05) is 18.1 Å². The third kappa shape index (κ3) is 4.21. The number of carbonyl (C=O) groups excluding carboxylic acids is 1. The van der Waals surface area contributed by atoms with Gasteiger partial charge in [0.15, 0.2) is 0 Å². The molecule has 1 aliphatic rings. The van der Waals surface area contributed by atoms with Crippen LogP contribution in [0.4, 0.5) is 5.69 Å². The van der Waals surface area contributed by atoms with Gasteiger partial charge in [-0.1, -0.05) is 48.0 Å². The molecule has 0 N–H and O–H groups in total. The van der Waals surface area contributed by atoms with Gasteiger partial charge in [-0.15, -0.1) is 0 Å². The first kappa shape index (κ1) is 21.5. The Hall–Kier alpha value is -3.31. The number of fused-ring (bicyclic) bond motifs is 1. The summed E-state index contributed by atoms with van der Waals surface area (Å²) in [6.07, 6.45) is 0.409. The first-order valence-corrected chi connectivity index (χ1v) is 11.6. The molecule has 1 atom stereocenters. The molecule has 1 fully saturated rings. The molecule has 0 bridgehead atoms. The number of aromatic nitrogens is 2. The summed E-state index contributed by atoms with van der Waals surface area (Å²) in [6.45, 7) is 5.85. The zero-order valence-electron chi connectivity index (χ0n) is 18.8. The van der Waals surface area contributed by atoms with Crippen LogP contribution >= 0.6 is 11.6 Å². The van der Waals surface area contributed by atoms with E-state index in [0.717, 1.165) is 33.9 Å². The van der Waals surface area contributed by atoms with Crippen molar-refractivity contribution in [3.05, 3.63) is 88.7 Å². The second-order valence-corrected chi connectivity index (χ2v) is 8.99. The first-order valence-electron chi connectivity index (χ1n) is 11.2. The predicted molar refractivity (Wildman–Crippen MR) is 132 cm³/mol. The van der Waals surface area contributed by atoms with Crippen molar-refractivity contribution < 1.29 is 9.53 Å². The van der Waals surface area contributed by atoms with E-state index in [1.54, 1.807) is 4.90 Å². The van der Waals surface area contributed by atoms with E-state index >= 15 is 0 Å². The van der Waals surface area contributed by atoms with Crippen LogP contribution in [0.1, 0.15) is 29.3 Å². The molecule has 6 heteroatoms. The Kier molecular flexibility index (Phi) is 5.81. The van der Waals surface area contributed by atoms with E-state index < -0.39 is 0 Å². The molecule has 0 saturated carbocycles. The summed E-state index contributed by atoms with van der Waals surface area (Å²) in [4.78, 5) is 19.6. The van der Waals surface area contributed by atoms with Gasteiger partial charge in [0.1, 0.15) is 18.2 Å². The molecule has 5 nitrogen and oxygen atoms in total. The lowest BCUT2D eigenvalue weighted by atomic mass is 10.1. The van der Waals surface area contributed by atoms with E-state index in [9.17, 15) is 4.79 Å². The van der Waals surface area contributed by atoms with Crippen molar-refractivity contribution in [2.45, 2.75) is 32.7 Å². The van der Waals surface area contributed by atoms with Gasteiger partial charge in [-0.05, 0) is 55.3 Å². The van der Waals surface area contributed by atoms with Gasteiger partial charge in [-0.2, -0.15) is 0 Å². The quantitative estimate of drug-likeness (QED) is 0.360. The Morgan fingerprint density at radius 1 is 1.06 bits per heavy atom. The van der Waals surface area contributed by atoms with Gasteiger partial charge >= 0.3 is 0 Å². The second-order valence-electron chi connectivity index (χ2n) is 8.58. The van der Waals surface area contributed by atoms with Crippen molar-refractivity contribution in [3.63, 3.8) is 0 Å². The Bertz CT molecular complexity index is 1330. The fraction of sp³-hybridized carbons (Fsp3) is 0.259. The summed E-state index contributed by atoms with van der Waals surface area (Å²) >= 11 is 6.38. The smallest absolute Gasteiger partial charge is 0.227 e. The van der Waals surface area contributed by atoms with Crippen LogP contribution < -0.4 is 9.64 Å². The lowest BCUT2D eigenvalue weighted by Crippen LogP contribution is -2.25. The number of benzene rings is 3. The van der Waals surface area contributed by atoms with Crippen LogP contribution in [0, 0.1) is 13.8 Å². The topological polar surface area (TPSA) is 47.4 Å². The summed E-state index contributed by atoms with van der Waals surface area (Å²) in [7, 11) is 0. The highest BCUT2D eigenvalue weighted by molar-refractivity contribution is 6.33. The Balaban J connectivity index is 1.42. The number of nitrogens with zero attached hydrogens (tertiary/aromatic N) is 3. The standard InChI is InChI=1S/C27H26ClN3O2/c1-18-11-12-19(2)25(15-18)33-14-13-30-24-10-6-4-8-22(24)29-27(30)20-16-26(32)31(17-20)23-9-5-3-7-21(23)28/h3-12,15,20H,13-14,16-17H2,1-2H3/t20-/m1/s1. The van der Waals surface area contributed by atoms with Gasteiger partial charge in [0.2, 0.25) is 5.91 Å². The molecular formula is C27H26ClN3O2. The van der Waals surface area contributed by atoms with Crippen molar-refractivity contribution in [1.29, 1.82) is 0 Å². The van der Waals surface area contributed by atoms with Crippen molar-refractivity contribution in [1.82, 2.24) is 9.55 Å². The average Bonchev–Trinajstić information content (AvgIpc) is 3.37. The van der Waals surface area contributed by atoms with E-state index in [-0.39, 0.29) is 11.8 Å². The number of para-hydroxylation sites is 3. The molecule has 5 rings (SSSR count). The van der Waals surface area contributed by atoms with E-state index in [4.69, 9.17) is 21.3 Å². The fourth-order valence-electron chi connectivity index (χ4n) is 4.53. The molecule has 3 aromatic carbocycles. The summed E-state index contributed by atoms with van der Waals surface area (Å²) in [6, 6.07) is 21.8. The molecule has 0 unspecified atom stereocenters. The third-order valence-corrected chi connectivity index (χ3v) is 6.55. The SMILES string of the molecule is Cc1ccc(C)c(OCCn2c([C@@H]3CC(=O)N(c4ccccc4Cl)C3)nc3ccccc32)c1. The number of ether oxygens (including phenoxy) is 1. The van der Waals surface area contributed by atoms with Crippen LogP contribution in [0.25, 0.3) is 11.0 Å². The highest BCUT2D eigenvalue weighted by Gasteiger charge is 2.35. The van der Waals surface area contributed by atoms with E-state index in [0.29, 0.717) is 31.1 Å². The maximum atomic E-state index is 12.9. The normalized spacial score (nSPS) is 16.0. The molecule has 168 valence electrons. The van der Waals surface area contributed by atoms with Gasteiger partial charge in [-0.25, -0.2) is 4.98 Å². The lowest BCUT2D eigenvalue weighted by Gasteiger charge is -2.19. The largest absolute Gasteiger partial charge is 0.491 e. The van der Waals surface area contributed by atoms with Crippen LogP contribution in [0.2, 0.25) is 5.02 Å². The van der Waals surface area contributed by atoms with Crippen LogP contribution in [-0.2, 0) is 11.3 Å². The summed E-state index contributed by atoms with van der Waals surface area (Å²) in [5.41, 5.74) is 5.04. The van der Waals surface area contributed by atoms with E-state index in [1.165, 1.54) is 5.56 Å². The fourth-order valence-corrected chi connectivity index (χ4v) is 4.77. The van der Waals surface area contributed by atoms with Crippen LogP contribution in [-0.4, -0.2) is 28.6 Å². The zero-order chi connectivity index (χ0) is 22.9. The molecule has 33 heavy (non-hydrogen) atoms. The van der Waals surface area contributed by atoms with Gasteiger partial charge in [0.25, 0.3) is 0 Å². The highest BCUT2D eigenvalue weighted by Crippen LogP contribution is 2.36. The Morgan fingerprint density at radius 3 is 2.70 bits per heavy atom. The van der Waals surface area contributed by atoms with Gasteiger partial charge < -0.3 is 14.2 Å². The molecule has 0 aliphatic carbocycles. The molecule has 4 aromatic rings. The molecule has 2 heterocycles. The maximum absolute atomic E-state index is 12.9. The Morgan fingerprint density at radius 2 is 1.85 bits per heavy atom. The molecular weight excluding hydrogens is 434 g/mol. The molecule has 1 aliphatic heterocycles. The number of hydrogen-bond acceptors (Lipinski definition) is 3. The first-order chi connectivity index (χ1) is 16.0. The van der Waals surface area contributed by atoms with Crippen LogP contribution in [0.5, 0.6) is 5.75 Å². The molecule has 0 radical (unpaired) electrons. The monoisotopic (exact) mass is 459 g/mol. The zero-order valence-corrected chi connectivity index (χ0v) is 19.5. The minimum atomic E-state index is -0.0121. The van der Waals surface area contributed by atoms with Crippen molar-refractivity contribution in [2.24, 2.45) is 0 Å². The highest BCUT2D eigenvalue weighted by atomic mass is 35.5. The Labute approximate surface area is 198 Å². The predicted octanol–water partition coefficient (Wildman–Crippen LogP) is 5.91. The number of imidazole rings is 1. The number of aryl methyl sites for hydroxylation is 2. The number of anilines is 1. The van der Waals surface area contributed by atoms with E-state index in [2.05, 4.69) is 42.7 Å². The molecule has 1 amide bonds. The van der Waals surface area contributed by atoms with Gasteiger partial charge in [0, 0.05) is 18.9 Å². The second kappa shape index (κ2) is 8.91. The van der Waals surface area contributed by atoms with Crippen molar-refractivity contribution >= 4 is 34.2 Å². The van der Waals surface area contributed by atoms with Crippen LogP contribution in [0.3, 0.4) is 0 Å². The molecule has 1 aromatic heterocycles. The van der Waals surface area contributed by atoms with Gasteiger partial charge in [0.05, 0.1) is 28.3 Å². The van der Waals surface area contributed by atoms with Crippen LogP contribution in [0.15, 0.2) is 66.7 Å². The number of carbonyl (C=O) groups is 1. The van der Waals surface area contributed by atoms with Crippen molar-refractivity contribution in [3.8, 4) is 5.75 Å². The number of halogens is 1. The number of hydrogen-bond donors (Lipinski definition) is 0. The van der Waals surface area contributed by atoms with E-state index in [1.807, 2.05) is 42.5 Å². The average molecular weight is 460 g/mol. The summed E-state index contributed by atoms with van der Waals surface area (Å²) < 4.78 is 8.34. The van der Waals surface area contributed by atoms with Gasteiger partial charge in [-0.3, -0.25) is 4.79 Å². The minimum absolute atomic E-state index is 0.0121. The molecule has 1 saturated heterocycles. The number of amides is 1. The summed E-state index contributed by atoms with van der Waals surface area (Å²) in [5, 5.41) is 0.585. The summed E-state index contributed by atoms with van der Waals surface area (Å²) in [5.74, 6) is 1.88. The maximum Gasteiger partial charge on any atom is 0.227 e. The minimum Gasteiger partial charge on any atom is -0.491 e. The molecule has 0 spiro atoms.